The van der Waals surface area contributed by atoms with Crippen LogP contribution in [0.25, 0.3) is 5.65 Å². The van der Waals surface area contributed by atoms with Crippen LogP contribution in [0.5, 0.6) is 0 Å². The van der Waals surface area contributed by atoms with E-state index in [1.807, 2.05) is 0 Å². The number of aromatic carboxylic acids is 1. The smallest absolute Gasteiger partial charge is 0.341 e. The average molecular weight is 164 g/mol. The first-order valence-electron chi connectivity index (χ1n) is 3.15. The zero-order chi connectivity index (χ0) is 8.55. The molecule has 6 heteroatoms. The van der Waals surface area contributed by atoms with E-state index in [0.717, 1.165) is 0 Å². The lowest BCUT2D eigenvalue weighted by Crippen LogP contribution is -1.97. The summed E-state index contributed by atoms with van der Waals surface area (Å²) in [5, 5.41) is 12.4. The monoisotopic (exact) mass is 164 g/mol. The van der Waals surface area contributed by atoms with Crippen molar-refractivity contribution in [1.29, 1.82) is 0 Å². The molecule has 0 unspecified atom stereocenters. The third-order valence-corrected chi connectivity index (χ3v) is 1.42. The molecular formula is C6H4N4O2. The largest absolute Gasteiger partial charge is 0.477 e. The minimum Gasteiger partial charge on any atom is -0.477 e. The summed E-state index contributed by atoms with van der Waals surface area (Å²) in [6, 6.07) is 0. The van der Waals surface area contributed by atoms with Gasteiger partial charge in [-0.05, 0) is 0 Å². The molecule has 0 fully saturated rings. The Morgan fingerprint density at radius 1 is 1.58 bits per heavy atom. The van der Waals surface area contributed by atoms with Gasteiger partial charge in [0, 0.05) is 0 Å². The van der Waals surface area contributed by atoms with Crippen LogP contribution in [0.15, 0.2) is 18.9 Å². The lowest BCUT2D eigenvalue weighted by Gasteiger charge is -1.89. The predicted octanol–water partition coefficient (Wildman–Crippen LogP) is -0.177. The van der Waals surface area contributed by atoms with Gasteiger partial charge in [0.1, 0.15) is 18.2 Å². The molecule has 60 valence electrons. The molecule has 0 aliphatic carbocycles. The second kappa shape index (κ2) is 2.26. The number of fused-ring (bicyclic) bond motifs is 1. The van der Waals surface area contributed by atoms with Crippen molar-refractivity contribution in [2.45, 2.75) is 0 Å². The molecule has 0 aliphatic heterocycles. The molecule has 2 aromatic heterocycles. The summed E-state index contributed by atoms with van der Waals surface area (Å²) in [5.41, 5.74) is 0.384. The molecule has 2 heterocycles. The third kappa shape index (κ3) is 0.815. The van der Waals surface area contributed by atoms with E-state index < -0.39 is 5.97 Å². The summed E-state index contributed by atoms with van der Waals surface area (Å²) >= 11 is 0. The Morgan fingerprint density at radius 2 is 2.42 bits per heavy atom. The van der Waals surface area contributed by atoms with Crippen molar-refractivity contribution in [3.8, 4) is 0 Å². The molecule has 2 aromatic rings. The number of carboxylic acids is 1. The van der Waals surface area contributed by atoms with E-state index in [4.69, 9.17) is 5.11 Å². The fourth-order valence-corrected chi connectivity index (χ4v) is 0.901. The Balaban J connectivity index is 2.79. The van der Waals surface area contributed by atoms with Crippen LogP contribution in [0.3, 0.4) is 0 Å². The number of nitrogens with zero attached hydrogens (tertiary/aromatic N) is 4. The maximum absolute atomic E-state index is 10.6. The van der Waals surface area contributed by atoms with Crippen LogP contribution < -0.4 is 0 Å². The van der Waals surface area contributed by atoms with Gasteiger partial charge in [0.15, 0.2) is 5.65 Å². The topological polar surface area (TPSA) is 80.4 Å². The molecule has 2 rings (SSSR count). The second-order valence-electron chi connectivity index (χ2n) is 2.14. The van der Waals surface area contributed by atoms with Crippen molar-refractivity contribution in [3.63, 3.8) is 0 Å². The molecule has 0 saturated carbocycles. The van der Waals surface area contributed by atoms with Crippen molar-refractivity contribution in [2.75, 3.05) is 0 Å². The predicted molar refractivity (Wildman–Crippen MR) is 37.7 cm³/mol. The van der Waals surface area contributed by atoms with Crippen molar-refractivity contribution < 1.29 is 9.90 Å². The van der Waals surface area contributed by atoms with Crippen LogP contribution >= 0.6 is 0 Å². The first-order chi connectivity index (χ1) is 5.79. The zero-order valence-corrected chi connectivity index (χ0v) is 5.88. The van der Waals surface area contributed by atoms with Gasteiger partial charge >= 0.3 is 5.97 Å². The molecule has 0 saturated heterocycles. The van der Waals surface area contributed by atoms with Crippen LogP contribution in [0.4, 0.5) is 0 Å². The average Bonchev–Trinajstić information content (AvgIpc) is 2.47. The van der Waals surface area contributed by atoms with Crippen molar-refractivity contribution >= 4 is 11.6 Å². The SMILES string of the molecule is O=C(O)c1cnn2cncnc12. The first-order valence-corrected chi connectivity index (χ1v) is 3.15. The highest BCUT2D eigenvalue weighted by molar-refractivity contribution is 5.93. The zero-order valence-electron chi connectivity index (χ0n) is 5.88. The summed E-state index contributed by atoms with van der Waals surface area (Å²) < 4.78 is 1.31. The lowest BCUT2D eigenvalue weighted by atomic mass is 10.3. The van der Waals surface area contributed by atoms with Crippen LogP contribution in [0.2, 0.25) is 0 Å². The summed E-state index contributed by atoms with van der Waals surface area (Å²) in [4.78, 5) is 18.0. The van der Waals surface area contributed by atoms with Crippen LogP contribution in [-0.4, -0.2) is 30.7 Å². The number of rotatable bonds is 1. The van der Waals surface area contributed by atoms with E-state index in [-0.39, 0.29) is 5.56 Å². The van der Waals surface area contributed by atoms with Crippen molar-refractivity contribution in [3.05, 3.63) is 24.4 Å². The van der Waals surface area contributed by atoms with Gasteiger partial charge in [0.25, 0.3) is 0 Å². The van der Waals surface area contributed by atoms with E-state index in [2.05, 4.69) is 15.1 Å². The quantitative estimate of drug-likeness (QED) is 0.632. The normalized spacial score (nSPS) is 10.3. The summed E-state index contributed by atoms with van der Waals surface area (Å²) in [7, 11) is 0. The molecule has 0 atom stereocenters. The van der Waals surface area contributed by atoms with Crippen LogP contribution in [-0.2, 0) is 0 Å². The van der Waals surface area contributed by atoms with Gasteiger partial charge in [0.05, 0.1) is 6.20 Å². The molecule has 1 N–H and O–H groups in total. The number of carbonyl (C=O) groups is 1. The fraction of sp³-hybridized carbons (Fsp3) is 0. The van der Waals surface area contributed by atoms with Crippen molar-refractivity contribution in [1.82, 2.24) is 19.6 Å². The molecule has 0 radical (unpaired) electrons. The van der Waals surface area contributed by atoms with Crippen LogP contribution in [0, 0.1) is 0 Å². The minimum absolute atomic E-state index is 0.0809. The molecule has 0 spiro atoms. The van der Waals surface area contributed by atoms with E-state index >= 15 is 0 Å². The summed E-state index contributed by atoms with van der Waals surface area (Å²) in [6.45, 7) is 0. The number of aromatic nitrogens is 4. The number of hydrogen-bond acceptors (Lipinski definition) is 4. The van der Waals surface area contributed by atoms with Gasteiger partial charge in [-0.25, -0.2) is 19.3 Å². The maximum Gasteiger partial charge on any atom is 0.341 e. The fourth-order valence-electron chi connectivity index (χ4n) is 0.901. The van der Waals surface area contributed by atoms with E-state index in [9.17, 15) is 4.79 Å². The highest BCUT2D eigenvalue weighted by Gasteiger charge is 2.10. The Kier molecular flexibility index (Phi) is 1.26. The summed E-state index contributed by atoms with van der Waals surface area (Å²) in [5.74, 6) is -1.04. The Labute approximate surface area is 66.5 Å². The third-order valence-electron chi connectivity index (χ3n) is 1.42. The molecular weight excluding hydrogens is 160 g/mol. The maximum atomic E-state index is 10.6. The summed E-state index contributed by atoms with van der Waals surface area (Å²) in [6.07, 6.45) is 3.92. The highest BCUT2D eigenvalue weighted by atomic mass is 16.4. The minimum atomic E-state index is -1.04. The molecule has 0 aromatic carbocycles. The lowest BCUT2D eigenvalue weighted by molar-refractivity contribution is 0.0699. The van der Waals surface area contributed by atoms with E-state index in [0.29, 0.717) is 5.65 Å². The molecule has 12 heavy (non-hydrogen) atoms. The Morgan fingerprint density at radius 3 is 3.17 bits per heavy atom. The molecule has 0 amide bonds. The number of hydrogen-bond donors (Lipinski definition) is 1. The first kappa shape index (κ1) is 6.71. The van der Waals surface area contributed by atoms with Gasteiger partial charge in [-0.1, -0.05) is 0 Å². The van der Waals surface area contributed by atoms with Crippen molar-refractivity contribution in [2.24, 2.45) is 0 Å². The van der Waals surface area contributed by atoms with Gasteiger partial charge in [-0.15, -0.1) is 0 Å². The van der Waals surface area contributed by atoms with Gasteiger partial charge in [-0.2, -0.15) is 5.10 Å². The standard InChI is InChI=1S/C6H4N4O2/c11-6(12)4-1-9-10-3-7-2-8-5(4)10/h1-3H,(H,11,12). The molecule has 0 aliphatic rings. The Hall–Kier alpha value is -1.98. The highest BCUT2D eigenvalue weighted by Crippen LogP contribution is 2.04. The van der Waals surface area contributed by atoms with Gasteiger partial charge in [-0.3, -0.25) is 0 Å². The van der Waals surface area contributed by atoms with E-state index in [1.165, 1.54) is 23.4 Å². The van der Waals surface area contributed by atoms with Crippen LogP contribution in [0.1, 0.15) is 10.4 Å². The van der Waals surface area contributed by atoms with Gasteiger partial charge in [0.2, 0.25) is 0 Å². The van der Waals surface area contributed by atoms with Gasteiger partial charge < -0.3 is 5.11 Å². The van der Waals surface area contributed by atoms with E-state index in [1.54, 1.807) is 0 Å². The molecule has 6 nitrogen and oxygen atoms in total. The molecule has 0 bridgehead atoms. The number of carboxylic acid groups (broad SMARTS) is 1. The Bertz CT molecular complexity index is 436. The second-order valence-corrected chi connectivity index (χ2v) is 2.14.